The molecule has 0 aliphatic rings. The first-order valence-corrected chi connectivity index (χ1v) is 4.94. The first-order valence-electron chi connectivity index (χ1n) is 4.21. The van der Waals surface area contributed by atoms with Crippen LogP contribution in [0.4, 0.5) is 0 Å². The molecule has 14 heavy (non-hydrogen) atoms. The largest absolute Gasteiger partial charge is 0.294 e. The topological polar surface area (TPSA) is 42.9 Å². The molecule has 0 amide bonds. The van der Waals surface area contributed by atoms with Gasteiger partial charge in [-0.15, -0.1) is 0 Å². The predicted octanol–water partition coefficient (Wildman–Crippen LogP) is 1.96. The van der Waals surface area contributed by atoms with Crippen molar-refractivity contribution in [1.82, 2.24) is 8.75 Å². The molecule has 2 rings (SSSR count). The number of benzene rings is 1. The Hall–Kier alpha value is -1.55. The molecular weight excluding hydrogens is 196 g/mol. The number of hydrogen-bond acceptors (Lipinski definition) is 4. The molecule has 1 aromatic heterocycles. The Kier molecular flexibility index (Phi) is 2.65. The van der Waals surface area contributed by atoms with Crippen LogP contribution in [-0.4, -0.2) is 14.5 Å². The van der Waals surface area contributed by atoms with E-state index >= 15 is 0 Å². The van der Waals surface area contributed by atoms with Gasteiger partial charge in [0, 0.05) is 5.56 Å². The third-order valence-corrected chi connectivity index (χ3v) is 2.36. The molecule has 0 fully saturated rings. The summed E-state index contributed by atoms with van der Waals surface area (Å²) in [5, 5.41) is 0. The van der Waals surface area contributed by atoms with Crippen molar-refractivity contribution >= 4 is 17.5 Å². The molecular formula is C10H8N2OS. The lowest BCUT2D eigenvalue weighted by molar-refractivity contribution is 0.0992. The van der Waals surface area contributed by atoms with E-state index in [1.165, 1.54) is 0 Å². The van der Waals surface area contributed by atoms with Crippen molar-refractivity contribution in [1.29, 1.82) is 0 Å². The maximum Gasteiger partial charge on any atom is 0.168 e. The fourth-order valence-corrected chi connectivity index (χ4v) is 1.59. The van der Waals surface area contributed by atoms with Gasteiger partial charge in [-0.2, -0.15) is 8.75 Å². The first kappa shape index (κ1) is 9.02. The number of aromatic nitrogens is 2. The molecule has 0 bridgehead atoms. The summed E-state index contributed by atoms with van der Waals surface area (Å²) in [6.45, 7) is 0. The van der Waals surface area contributed by atoms with Gasteiger partial charge in [-0.25, -0.2) is 0 Å². The van der Waals surface area contributed by atoms with Crippen LogP contribution in [0.2, 0.25) is 0 Å². The first-order chi connectivity index (χ1) is 6.86. The van der Waals surface area contributed by atoms with Crippen LogP contribution < -0.4 is 0 Å². The Morgan fingerprint density at radius 3 is 2.71 bits per heavy atom. The molecule has 0 spiro atoms. The summed E-state index contributed by atoms with van der Waals surface area (Å²) in [5.74, 6) is 0.0818. The van der Waals surface area contributed by atoms with E-state index in [-0.39, 0.29) is 5.78 Å². The highest BCUT2D eigenvalue weighted by molar-refractivity contribution is 6.99. The number of carbonyl (C=O) groups excluding carboxylic acids is 1. The minimum Gasteiger partial charge on any atom is -0.294 e. The second-order valence-electron chi connectivity index (χ2n) is 2.86. The lowest BCUT2D eigenvalue weighted by atomic mass is 10.1. The maximum absolute atomic E-state index is 11.6. The molecule has 0 saturated heterocycles. The Balaban J connectivity index is 2.11. The van der Waals surface area contributed by atoms with Crippen LogP contribution in [0.1, 0.15) is 16.1 Å². The molecule has 0 saturated carbocycles. The third kappa shape index (κ3) is 2.03. The smallest absolute Gasteiger partial charge is 0.168 e. The quantitative estimate of drug-likeness (QED) is 0.718. The minimum atomic E-state index is 0.0818. The molecule has 2 aromatic rings. The van der Waals surface area contributed by atoms with Crippen LogP contribution in [0.5, 0.6) is 0 Å². The molecule has 0 aliphatic heterocycles. The molecule has 4 heteroatoms. The summed E-state index contributed by atoms with van der Waals surface area (Å²) in [6.07, 6.45) is 1.96. The average Bonchev–Trinajstić information content (AvgIpc) is 2.72. The second-order valence-corrected chi connectivity index (χ2v) is 3.42. The number of Topliss-reactive ketones (excluding diaryl/α,β-unsaturated/α-hetero) is 1. The van der Waals surface area contributed by atoms with Crippen molar-refractivity contribution in [3.05, 3.63) is 47.8 Å². The van der Waals surface area contributed by atoms with E-state index in [1.807, 2.05) is 30.3 Å². The zero-order valence-corrected chi connectivity index (χ0v) is 8.20. The summed E-state index contributed by atoms with van der Waals surface area (Å²) in [6, 6.07) is 9.21. The van der Waals surface area contributed by atoms with Gasteiger partial charge < -0.3 is 0 Å². The lowest BCUT2D eigenvalue weighted by Gasteiger charge is -1.96. The maximum atomic E-state index is 11.6. The molecule has 0 radical (unpaired) electrons. The molecule has 3 nitrogen and oxygen atoms in total. The van der Waals surface area contributed by atoms with Crippen LogP contribution >= 0.6 is 11.7 Å². The van der Waals surface area contributed by atoms with Crippen molar-refractivity contribution in [2.45, 2.75) is 6.42 Å². The van der Waals surface area contributed by atoms with E-state index in [2.05, 4.69) is 8.75 Å². The zero-order chi connectivity index (χ0) is 9.80. The Morgan fingerprint density at radius 1 is 1.29 bits per heavy atom. The van der Waals surface area contributed by atoms with Gasteiger partial charge in [0.2, 0.25) is 0 Å². The molecule has 0 N–H and O–H groups in total. The Morgan fingerprint density at radius 2 is 2.07 bits per heavy atom. The van der Waals surface area contributed by atoms with E-state index in [1.54, 1.807) is 6.20 Å². The van der Waals surface area contributed by atoms with Crippen LogP contribution in [0.15, 0.2) is 36.5 Å². The highest BCUT2D eigenvalue weighted by Crippen LogP contribution is 2.05. The van der Waals surface area contributed by atoms with E-state index in [0.717, 1.165) is 23.0 Å². The Bertz CT molecular complexity index is 411. The van der Waals surface area contributed by atoms with Crippen LogP contribution in [0.3, 0.4) is 0 Å². The monoisotopic (exact) mass is 204 g/mol. The summed E-state index contributed by atoms with van der Waals surface area (Å²) < 4.78 is 7.84. The SMILES string of the molecule is O=C(Cc1cnsn1)c1ccccc1. The van der Waals surface area contributed by atoms with Crippen molar-refractivity contribution in [3.63, 3.8) is 0 Å². The van der Waals surface area contributed by atoms with Gasteiger partial charge in [-0.3, -0.25) is 4.79 Å². The van der Waals surface area contributed by atoms with Gasteiger partial charge in [-0.1, -0.05) is 30.3 Å². The number of carbonyl (C=O) groups is 1. The molecule has 1 aromatic carbocycles. The summed E-state index contributed by atoms with van der Waals surface area (Å²) in [4.78, 5) is 11.6. The predicted molar refractivity (Wildman–Crippen MR) is 54.4 cm³/mol. The zero-order valence-electron chi connectivity index (χ0n) is 7.38. The highest BCUT2D eigenvalue weighted by Gasteiger charge is 2.07. The average molecular weight is 204 g/mol. The number of rotatable bonds is 3. The summed E-state index contributed by atoms with van der Waals surface area (Å²) in [5.41, 5.74) is 1.46. The lowest BCUT2D eigenvalue weighted by Crippen LogP contribution is -2.03. The fraction of sp³-hybridized carbons (Fsp3) is 0.100. The van der Waals surface area contributed by atoms with Crippen molar-refractivity contribution in [2.24, 2.45) is 0 Å². The van der Waals surface area contributed by atoms with Gasteiger partial charge in [0.05, 0.1) is 30.0 Å². The standard InChI is InChI=1S/C10H8N2OS/c13-10(6-9-7-11-14-12-9)8-4-2-1-3-5-8/h1-5,7H,6H2. The summed E-state index contributed by atoms with van der Waals surface area (Å²) in [7, 11) is 0. The Labute approximate surface area is 85.7 Å². The summed E-state index contributed by atoms with van der Waals surface area (Å²) >= 11 is 1.12. The molecule has 0 unspecified atom stereocenters. The van der Waals surface area contributed by atoms with Gasteiger partial charge in [-0.05, 0) is 0 Å². The molecule has 1 heterocycles. The van der Waals surface area contributed by atoms with Crippen LogP contribution in [0.25, 0.3) is 0 Å². The molecule has 0 aliphatic carbocycles. The van der Waals surface area contributed by atoms with Crippen LogP contribution in [0, 0.1) is 0 Å². The number of hydrogen-bond donors (Lipinski definition) is 0. The normalized spacial score (nSPS) is 10.0. The third-order valence-electron chi connectivity index (χ3n) is 1.84. The van der Waals surface area contributed by atoms with Crippen LogP contribution in [-0.2, 0) is 6.42 Å². The molecule has 70 valence electrons. The van der Waals surface area contributed by atoms with E-state index < -0.39 is 0 Å². The fourth-order valence-electron chi connectivity index (χ4n) is 1.15. The van der Waals surface area contributed by atoms with E-state index in [9.17, 15) is 4.79 Å². The van der Waals surface area contributed by atoms with Gasteiger partial charge in [0.25, 0.3) is 0 Å². The van der Waals surface area contributed by atoms with Gasteiger partial charge in [0.15, 0.2) is 5.78 Å². The van der Waals surface area contributed by atoms with E-state index in [4.69, 9.17) is 0 Å². The second kappa shape index (κ2) is 4.11. The van der Waals surface area contributed by atoms with E-state index in [0.29, 0.717) is 6.42 Å². The van der Waals surface area contributed by atoms with Crippen molar-refractivity contribution in [2.75, 3.05) is 0 Å². The number of ketones is 1. The highest BCUT2D eigenvalue weighted by atomic mass is 32.1. The van der Waals surface area contributed by atoms with Crippen molar-refractivity contribution in [3.8, 4) is 0 Å². The van der Waals surface area contributed by atoms with Gasteiger partial charge >= 0.3 is 0 Å². The van der Waals surface area contributed by atoms with Gasteiger partial charge in [0.1, 0.15) is 0 Å². The number of nitrogens with zero attached hydrogens (tertiary/aromatic N) is 2. The van der Waals surface area contributed by atoms with Crippen molar-refractivity contribution < 1.29 is 4.79 Å². The molecule has 0 atom stereocenters. The minimum absolute atomic E-state index is 0.0818.